The Bertz CT molecular complexity index is 1050. The van der Waals surface area contributed by atoms with Gasteiger partial charge in [-0.05, 0) is 30.5 Å². The maximum atomic E-state index is 13.1. The fourth-order valence-electron chi connectivity index (χ4n) is 2.91. The van der Waals surface area contributed by atoms with Crippen LogP contribution in [0.4, 0.5) is 0 Å². The molecule has 0 atom stereocenters. The van der Waals surface area contributed by atoms with Crippen LogP contribution in [0.5, 0.6) is 0 Å². The number of carbonyl (C=O) groups is 1. The second kappa shape index (κ2) is 7.54. The zero-order chi connectivity index (χ0) is 18.8. The molecule has 0 saturated carbocycles. The summed E-state index contributed by atoms with van der Waals surface area (Å²) in [4.78, 5) is 23.9. The third-order valence-corrected chi connectivity index (χ3v) is 5.88. The molecule has 1 amide bonds. The summed E-state index contributed by atoms with van der Waals surface area (Å²) in [5, 5.41) is 1.71. The van der Waals surface area contributed by atoms with Crippen molar-refractivity contribution >= 4 is 39.2 Å². The number of carbonyl (C=O) groups excluding carboxylic acids is 1. The van der Waals surface area contributed by atoms with Gasteiger partial charge in [0.1, 0.15) is 10.7 Å². The number of thiazole rings is 1. The van der Waals surface area contributed by atoms with Gasteiger partial charge in [0.25, 0.3) is 5.91 Å². The highest BCUT2D eigenvalue weighted by Gasteiger charge is 2.21. The average Bonchev–Trinajstić information content (AvgIpc) is 3.31. The first kappa shape index (κ1) is 17.8. The van der Waals surface area contributed by atoms with Gasteiger partial charge in [0.15, 0.2) is 5.16 Å². The number of hydrogen-bond acceptors (Lipinski definition) is 5. The van der Waals surface area contributed by atoms with E-state index in [1.807, 2.05) is 65.4 Å². The predicted molar refractivity (Wildman–Crippen MR) is 111 cm³/mol. The lowest BCUT2D eigenvalue weighted by molar-refractivity contribution is 0.0776. The van der Waals surface area contributed by atoms with Crippen molar-refractivity contribution in [1.29, 1.82) is 0 Å². The summed E-state index contributed by atoms with van der Waals surface area (Å²) >= 11 is 3.13. The molecule has 2 heterocycles. The van der Waals surface area contributed by atoms with Crippen LogP contribution in [0.15, 0.2) is 66.0 Å². The predicted octanol–water partition coefficient (Wildman–Crippen LogP) is 4.48. The van der Waals surface area contributed by atoms with Crippen molar-refractivity contribution in [2.24, 2.45) is 0 Å². The number of thioether (sulfide) groups is 1. The van der Waals surface area contributed by atoms with E-state index in [4.69, 9.17) is 0 Å². The Labute approximate surface area is 165 Å². The van der Waals surface area contributed by atoms with Crippen LogP contribution < -0.4 is 0 Å². The van der Waals surface area contributed by atoms with Crippen molar-refractivity contribution in [1.82, 2.24) is 19.4 Å². The highest BCUT2D eigenvalue weighted by molar-refractivity contribution is 7.98. The van der Waals surface area contributed by atoms with E-state index in [1.54, 1.807) is 29.5 Å². The summed E-state index contributed by atoms with van der Waals surface area (Å²) in [5.41, 5.74) is 2.45. The summed E-state index contributed by atoms with van der Waals surface area (Å²) in [7, 11) is 1.80. The first-order chi connectivity index (χ1) is 13.2. The maximum absolute atomic E-state index is 13.1. The van der Waals surface area contributed by atoms with E-state index < -0.39 is 0 Å². The number of hydrogen-bond donors (Lipinski definition) is 0. The Kier molecular flexibility index (Phi) is 4.96. The molecule has 2 aromatic heterocycles. The van der Waals surface area contributed by atoms with Crippen LogP contribution in [-0.4, -0.2) is 38.6 Å². The third-order valence-electron chi connectivity index (χ3n) is 4.20. The Morgan fingerprint density at radius 1 is 1.15 bits per heavy atom. The van der Waals surface area contributed by atoms with Gasteiger partial charge in [-0.2, -0.15) is 0 Å². The quantitative estimate of drug-likeness (QED) is 0.469. The summed E-state index contributed by atoms with van der Waals surface area (Å²) < 4.78 is 3.04. The Morgan fingerprint density at radius 2 is 1.89 bits per heavy atom. The monoisotopic (exact) mass is 394 g/mol. The van der Waals surface area contributed by atoms with Crippen molar-refractivity contribution in [2.45, 2.75) is 11.7 Å². The van der Waals surface area contributed by atoms with Gasteiger partial charge in [0.2, 0.25) is 0 Å². The van der Waals surface area contributed by atoms with Crippen molar-refractivity contribution in [3.63, 3.8) is 0 Å². The molecular weight excluding hydrogens is 376 g/mol. The molecule has 27 heavy (non-hydrogen) atoms. The number of rotatable bonds is 5. The lowest BCUT2D eigenvalue weighted by Crippen LogP contribution is -2.28. The van der Waals surface area contributed by atoms with Gasteiger partial charge in [0, 0.05) is 12.7 Å². The molecule has 0 N–H and O–H groups in total. The first-order valence-corrected chi connectivity index (χ1v) is 10.5. The van der Waals surface area contributed by atoms with Gasteiger partial charge in [-0.15, -0.1) is 11.3 Å². The fraction of sp³-hybridized carbons (Fsp3) is 0.150. The van der Waals surface area contributed by atoms with Crippen molar-refractivity contribution < 1.29 is 4.79 Å². The summed E-state index contributed by atoms with van der Waals surface area (Å²) in [6.45, 7) is 0.465. The Morgan fingerprint density at radius 3 is 2.63 bits per heavy atom. The lowest BCUT2D eigenvalue weighted by atomic mass is 10.3. The number of benzene rings is 2. The van der Waals surface area contributed by atoms with Crippen LogP contribution in [-0.2, 0) is 6.54 Å². The highest BCUT2D eigenvalue weighted by Crippen LogP contribution is 2.25. The first-order valence-electron chi connectivity index (χ1n) is 8.44. The van der Waals surface area contributed by atoms with Gasteiger partial charge in [0.05, 0.1) is 23.0 Å². The largest absolute Gasteiger partial charge is 0.334 e. The zero-order valence-electron chi connectivity index (χ0n) is 15.0. The molecule has 0 unspecified atom stereocenters. The van der Waals surface area contributed by atoms with Crippen LogP contribution in [0.25, 0.3) is 15.9 Å². The Hall–Kier alpha value is -2.64. The number of fused-ring (bicyclic) bond motifs is 1. The van der Waals surface area contributed by atoms with E-state index >= 15 is 0 Å². The average molecular weight is 395 g/mol. The minimum Gasteiger partial charge on any atom is -0.334 e. The fourth-order valence-corrected chi connectivity index (χ4v) is 4.48. The van der Waals surface area contributed by atoms with E-state index in [-0.39, 0.29) is 5.91 Å². The maximum Gasteiger partial charge on any atom is 0.272 e. The summed E-state index contributed by atoms with van der Waals surface area (Å²) in [6, 6.07) is 17.8. The smallest absolute Gasteiger partial charge is 0.272 e. The number of imidazole rings is 1. The van der Waals surface area contributed by atoms with Crippen LogP contribution in [0.1, 0.15) is 15.5 Å². The molecule has 0 aliphatic heterocycles. The number of amides is 1. The van der Waals surface area contributed by atoms with E-state index in [2.05, 4.69) is 9.97 Å². The standard InChI is InChI=1S/C20H18N4OS2/c1-23(13-18-22-15-10-6-7-11-17(15)27-18)19(25)16-12-21-20(26-2)24(16)14-8-4-3-5-9-14/h3-12H,13H2,1-2H3. The summed E-state index contributed by atoms with van der Waals surface area (Å²) in [6.07, 6.45) is 3.61. The molecule has 4 rings (SSSR count). The van der Waals surface area contributed by atoms with Gasteiger partial charge >= 0.3 is 0 Å². The van der Waals surface area contributed by atoms with Gasteiger partial charge < -0.3 is 4.90 Å². The zero-order valence-corrected chi connectivity index (χ0v) is 16.6. The number of nitrogens with zero attached hydrogens (tertiary/aromatic N) is 4. The molecule has 0 radical (unpaired) electrons. The number of aromatic nitrogens is 3. The minimum absolute atomic E-state index is 0.0779. The van der Waals surface area contributed by atoms with Crippen molar-refractivity contribution in [3.05, 3.63) is 71.5 Å². The van der Waals surface area contributed by atoms with Crippen LogP contribution in [0.2, 0.25) is 0 Å². The minimum atomic E-state index is -0.0779. The van der Waals surface area contributed by atoms with Crippen LogP contribution in [0, 0.1) is 0 Å². The molecule has 2 aromatic carbocycles. The molecule has 4 aromatic rings. The van der Waals surface area contributed by atoms with Gasteiger partial charge in [-0.1, -0.05) is 42.1 Å². The summed E-state index contributed by atoms with van der Waals surface area (Å²) in [5.74, 6) is -0.0779. The third kappa shape index (κ3) is 3.48. The second-order valence-corrected chi connectivity index (χ2v) is 7.93. The molecule has 136 valence electrons. The van der Waals surface area contributed by atoms with E-state index in [1.165, 1.54) is 11.8 Å². The molecule has 7 heteroatoms. The van der Waals surface area contributed by atoms with E-state index in [9.17, 15) is 4.79 Å². The normalized spacial score (nSPS) is 11.0. The van der Waals surface area contributed by atoms with Gasteiger partial charge in [-0.25, -0.2) is 9.97 Å². The van der Waals surface area contributed by atoms with E-state index in [0.29, 0.717) is 12.2 Å². The molecule has 0 fully saturated rings. The lowest BCUT2D eigenvalue weighted by Gasteiger charge is -2.17. The molecule has 0 aliphatic rings. The number of para-hydroxylation sites is 2. The highest BCUT2D eigenvalue weighted by atomic mass is 32.2. The topological polar surface area (TPSA) is 51.0 Å². The van der Waals surface area contributed by atoms with Crippen LogP contribution in [0.3, 0.4) is 0 Å². The van der Waals surface area contributed by atoms with Crippen LogP contribution >= 0.6 is 23.1 Å². The molecule has 0 saturated heterocycles. The molecule has 5 nitrogen and oxygen atoms in total. The molecule has 0 bridgehead atoms. The Balaban J connectivity index is 1.63. The SMILES string of the molecule is CSc1ncc(C(=O)N(C)Cc2nc3ccccc3s2)n1-c1ccccc1. The van der Waals surface area contributed by atoms with E-state index in [0.717, 1.165) is 26.1 Å². The van der Waals surface area contributed by atoms with Crippen molar-refractivity contribution in [2.75, 3.05) is 13.3 Å². The van der Waals surface area contributed by atoms with Gasteiger partial charge in [-0.3, -0.25) is 9.36 Å². The molecular formula is C20H18N4OS2. The van der Waals surface area contributed by atoms with Crippen molar-refractivity contribution in [3.8, 4) is 5.69 Å². The molecule has 0 spiro atoms. The second-order valence-electron chi connectivity index (χ2n) is 6.04. The molecule has 0 aliphatic carbocycles.